The van der Waals surface area contributed by atoms with Gasteiger partial charge in [-0.2, -0.15) is 0 Å². The molecule has 0 atom stereocenters. The van der Waals surface area contributed by atoms with E-state index in [0.717, 1.165) is 17.3 Å². The lowest BCUT2D eigenvalue weighted by Crippen LogP contribution is -2.47. The van der Waals surface area contributed by atoms with Gasteiger partial charge in [0.1, 0.15) is 6.61 Å². The summed E-state index contributed by atoms with van der Waals surface area (Å²) in [6.07, 6.45) is 9.09. The van der Waals surface area contributed by atoms with E-state index in [4.69, 9.17) is 10.5 Å². The van der Waals surface area contributed by atoms with Gasteiger partial charge in [0.15, 0.2) is 0 Å². The first kappa shape index (κ1) is 11.8. The fraction of sp³-hybridized carbons (Fsp3) is 0.636. The molecule has 0 spiro atoms. The van der Waals surface area contributed by atoms with Crippen LogP contribution in [0.15, 0.2) is 16.9 Å². The second-order valence-corrected chi connectivity index (χ2v) is 5.31. The van der Waals surface area contributed by atoms with Crippen LogP contribution in [-0.2, 0) is 0 Å². The minimum absolute atomic E-state index is 0.186. The molecule has 1 saturated carbocycles. The lowest BCUT2D eigenvalue weighted by Gasteiger charge is -2.32. The molecule has 0 bridgehead atoms. The van der Waals surface area contributed by atoms with Gasteiger partial charge in [0.25, 0.3) is 0 Å². The number of nitrogens with zero attached hydrogens (tertiary/aromatic N) is 2. The van der Waals surface area contributed by atoms with E-state index >= 15 is 0 Å². The van der Waals surface area contributed by atoms with Crippen molar-refractivity contribution >= 4 is 15.9 Å². The number of ether oxygens (including phenoxy) is 1. The number of nitrogens with two attached hydrogens (primary N) is 1. The summed E-state index contributed by atoms with van der Waals surface area (Å²) in [6, 6.07) is 0.401. The summed E-state index contributed by atoms with van der Waals surface area (Å²) in [5, 5.41) is 0. The topological polar surface area (TPSA) is 61.0 Å². The van der Waals surface area contributed by atoms with Gasteiger partial charge in [-0.15, -0.1) is 0 Å². The molecule has 2 N–H and O–H groups in total. The third-order valence-corrected chi connectivity index (χ3v) is 3.34. The van der Waals surface area contributed by atoms with Crippen LogP contribution >= 0.6 is 15.9 Å². The molecule has 4 nitrogen and oxygen atoms in total. The van der Waals surface area contributed by atoms with Gasteiger partial charge in [-0.05, 0) is 28.8 Å². The maximum Gasteiger partial charge on any atom is 0.316 e. The fourth-order valence-corrected chi connectivity index (χ4v) is 2.19. The predicted molar refractivity (Wildman–Crippen MR) is 65.2 cm³/mol. The van der Waals surface area contributed by atoms with Crippen molar-refractivity contribution in [2.24, 2.45) is 5.73 Å². The molecule has 1 aliphatic carbocycles. The Morgan fingerprint density at radius 2 is 1.88 bits per heavy atom. The van der Waals surface area contributed by atoms with Crippen molar-refractivity contribution in [3.05, 3.63) is 16.9 Å². The molecule has 0 unspecified atom stereocenters. The molecule has 1 aromatic heterocycles. The summed E-state index contributed by atoms with van der Waals surface area (Å²) in [7, 11) is 0. The first-order valence-electron chi connectivity index (χ1n) is 5.57. The Bertz CT molecular complexity index is 336. The molecular formula is C11H16BrN3O. The minimum Gasteiger partial charge on any atom is -0.462 e. The van der Waals surface area contributed by atoms with E-state index in [0.29, 0.717) is 12.6 Å². The first-order valence-corrected chi connectivity index (χ1v) is 6.37. The van der Waals surface area contributed by atoms with Crippen LogP contribution < -0.4 is 10.5 Å². The summed E-state index contributed by atoms with van der Waals surface area (Å²) >= 11 is 3.28. The standard InChI is InChI=1S/C11H16BrN3O/c12-9-6-14-10(15-7-9)16-8-11(13)4-2-1-3-5-11/h6-7H,1-5,8,13H2. The zero-order chi connectivity index (χ0) is 11.4. The molecule has 0 aromatic carbocycles. The van der Waals surface area contributed by atoms with Gasteiger partial charge in [0.05, 0.1) is 10.0 Å². The van der Waals surface area contributed by atoms with Gasteiger partial charge in [-0.3, -0.25) is 0 Å². The summed E-state index contributed by atoms with van der Waals surface area (Å²) in [5.74, 6) is 0. The van der Waals surface area contributed by atoms with Gasteiger partial charge in [-0.25, -0.2) is 9.97 Å². The summed E-state index contributed by atoms with van der Waals surface area (Å²) < 4.78 is 6.38. The number of halogens is 1. The van der Waals surface area contributed by atoms with E-state index in [1.165, 1.54) is 19.3 Å². The van der Waals surface area contributed by atoms with Crippen LogP contribution in [0.25, 0.3) is 0 Å². The van der Waals surface area contributed by atoms with Crippen LogP contribution in [0.3, 0.4) is 0 Å². The van der Waals surface area contributed by atoms with Crippen LogP contribution in [0.4, 0.5) is 0 Å². The normalized spacial score (nSPS) is 19.4. The van der Waals surface area contributed by atoms with Gasteiger partial charge >= 0.3 is 6.01 Å². The van der Waals surface area contributed by atoms with Crippen molar-refractivity contribution < 1.29 is 4.74 Å². The van der Waals surface area contributed by atoms with Crippen LogP contribution in [0.2, 0.25) is 0 Å². The average Bonchev–Trinajstić information content (AvgIpc) is 2.29. The quantitative estimate of drug-likeness (QED) is 0.926. The van der Waals surface area contributed by atoms with E-state index in [9.17, 15) is 0 Å². The zero-order valence-electron chi connectivity index (χ0n) is 9.16. The van der Waals surface area contributed by atoms with Gasteiger partial charge in [-0.1, -0.05) is 19.3 Å². The summed E-state index contributed by atoms with van der Waals surface area (Å²) in [6.45, 7) is 0.509. The Kier molecular flexibility index (Phi) is 3.76. The zero-order valence-corrected chi connectivity index (χ0v) is 10.7. The lowest BCUT2D eigenvalue weighted by molar-refractivity contribution is 0.164. The Labute approximate surface area is 104 Å². The van der Waals surface area contributed by atoms with Crippen molar-refractivity contribution in [3.8, 4) is 6.01 Å². The third-order valence-electron chi connectivity index (χ3n) is 2.93. The molecule has 1 heterocycles. The van der Waals surface area contributed by atoms with Crippen molar-refractivity contribution in [1.29, 1.82) is 0 Å². The fourth-order valence-electron chi connectivity index (χ4n) is 1.98. The van der Waals surface area contributed by atoms with Crippen LogP contribution in [-0.4, -0.2) is 22.1 Å². The van der Waals surface area contributed by atoms with Gasteiger partial charge in [0.2, 0.25) is 0 Å². The second kappa shape index (κ2) is 5.10. The van der Waals surface area contributed by atoms with E-state index in [1.807, 2.05) is 0 Å². The smallest absolute Gasteiger partial charge is 0.316 e. The largest absolute Gasteiger partial charge is 0.462 e. The highest BCUT2D eigenvalue weighted by molar-refractivity contribution is 9.10. The maximum atomic E-state index is 6.25. The number of hydrogen-bond acceptors (Lipinski definition) is 4. The van der Waals surface area contributed by atoms with Crippen molar-refractivity contribution in [2.75, 3.05) is 6.61 Å². The molecule has 0 radical (unpaired) electrons. The third kappa shape index (κ3) is 3.15. The highest BCUT2D eigenvalue weighted by Gasteiger charge is 2.28. The molecule has 0 saturated heterocycles. The lowest BCUT2D eigenvalue weighted by atomic mass is 9.83. The van der Waals surface area contributed by atoms with Gasteiger partial charge in [0, 0.05) is 12.4 Å². The van der Waals surface area contributed by atoms with Crippen LogP contribution in [0, 0.1) is 0 Å². The highest BCUT2D eigenvalue weighted by Crippen LogP contribution is 2.26. The van der Waals surface area contributed by atoms with E-state index in [-0.39, 0.29) is 5.54 Å². The average molecular weight is 286 g/mol. The number of hydrogen-bond donors (Lipinski definition) is 1. The van der Waals surface area contributed by atoms with Gasteiger partial charge < -0.3 is 10.5 Å². The molecule has 16 heavy (non-hydrogen) atoms. The summed E-state index contributed by atoms with van der Waals surface area (Å²) in [4.78, 5) is 8.12. The molecule has 0 amide bonds. The Hall–Kier alpha value is -0.680. The molecule has 1 aromatic rings. The minimum atomic E-state index is -0.186. The predicted octanol–water partition coefficient (Wildman–Crippen LogP) is 2.28. The van der Waals surface area contributed by atoms with Crippen LogP contribution in [0.1, 0.15) is 32.1 Å². The molecule has 5 heteroatoms. The van der Waals surface area contributed by atoms with E-state index < -0.39 is 0 Å². The summed E-state index contributed by atoms with van der Waals surface area (Å²) in [5.41, 5.74) is 6.06. The second-order valence-electron chi connectivity index (χ2n) is 4.40. The van der Waals surface area contributed by atoms with E-state index in [1.54, 1.807) is 12.4 Å². The van der Waals surface area contributed by atoms with Crippen LogP contribution in [0.5, 0.6) is 6.01 Å². The SMILES string of the molecule is NC1(COc2ncc(Br)cn2)CCCCC1. The Balaban J connectivity index is 1.88. The number of rotatable bonds is 3. The molecular weight excluding hydrogens is 270 g/mol. The highest BCUT2D eigenvalue weighted by atomic mass is 79.9. The Morgan fingerprint density at radius 1 is 1.25 bits per heavy atom. The van der Waals surface area contributed by atoms with Crippen molar-refractivity contribution in [3.63, 3.8) is 0 Å². The molecule has 88 valence electrons. The molecule has 0 aliphatic heterocycles. The first-order chi connectivity index (χ1) is 7.68. The molecule has 1 aliphatic rings. The number of aromatic nitrogens is 2. The van der Waals surface area contributed by atoms with Crippen molar-refractivity contribution in [2.45, 2.75) is 37.6 Å². The monoisotopic (exact) mass is 285 g/mol. The van der Waals surface area contributed by atoms with Crippen molar-refractivity contribution in [1.82, 2.24) is 9.97 Å². The maximum absolute atomic E-state index is 6.25. The molecule has 2 rings (SSSR count). The molecule has 1 fully saturated rings. The van der Waals surface area contributed by atoms with E-state index in [2.05, 4.69) is 25.9 Å². The Morgan fingerprint density at radius 3 is 2.50 bits per heavy atom.